The number of rotatable bonds is 2. The van der Waals surface area contributed by atoms with Gasteiger partial charge < -0.3 is 8.75 Å². The van der Waals surface area contributed by atoms with E-state index in [2.05, 4.69) is 4.98 Å². The van der Waals surface area contributed by atoms with E-state index in [1.807, 2.05) is 28.8 Å². The lowest BCUT2D eigenvalue weighted by Crippen LogP contribution is -2.38. The topological polar surface area (TPSA) is 98.6 Å². The van der Waals surface area contributed by atoms with E-state index < -0.39 is 20.1 Å². The highest BCUT2D eigenvalue weighted by atomic mass is 32.2. The first-order valence-electron chi connectivity index (χ1n) is 9.30. The fourth-order valence-electron chi connectivity index (χ4n) is 4.21. The van der Waals surface area contributed by atoms with Crippen molar-refractivity contribution in [3.63, 3.8) is 0 Å². The van der Waals surface area contributed by atoms with Gasteiger partial charge in [0.2, 0.25) is 10.0 Å². The molecule has 2 aliphatic heterocycles. The van der Waals surface area contributed by atoms with Gasteiger partial charge in [-0.1, -0.05) is 24.3 Å². The van der Waals surface area contributed by atoms with E-state index in [9.17, 15) is 16.8 Å². The minimum atomic E-state index is -3.92. The molecule has 0 fully saturated rings. The maximum Gasteiger partial charge on any atom is 0.340 e. The lowest BCUT2D eigenvalue weighted by atomic mass is 10.1. The molecule has 1 aromatic heterocycles. The summed E-state index contributed by atoms with van der Waals surface area (Å²) in [5.74, 6) is 0.725. The van der Waals surface area contributed by atoms with Gasteiger partial charge in [0.1, 0.15) is 10.7 Å². The summed E-state index contributed by atoms with van der Waals surface area (Å²) in [6.07, 6.45) is 0. The first kappa shape index (κ1) is 17.9. The van der Waals surface area contributed by atoms with Crippen molar-refractivity contribution in [1.82, 2.24) is 13.9 Å². The van der Waals surface area contributed by atoms with Crippen LogP contribution in [0.5, 0.6) is 5.75 Å². The Balaban J connectivity index is 1.44. The molecule has 2 aliphatic rings. The van der Waals surface area contributed by atoms with E-state index in [-0.39, 0.29) is 22.1 Å². The highest BCUT2D eigenvalue weighted by Gasteiger charge is 2.34. The molecule has 0 bridgehead atoms. The second-order valence-electron chi connectivity index (χ2n) is 7.32. The van der Waals surface area contributed by atoms with Crippen LogP contribution in [0.15, 0.2) is 64.4 Å². The third-order valence-electron chi connectivity index (χ3n) is 5.61. The summed E-state index contributed by atoms with van der Waals surface area (Å²) >= 11 is 0. The number of hydrogen-bond acceptors (Lipinski definition) is 6. The van der Waals surface area contributed by atoms with Crippen molar-refractivity contribution in [1.29, 1.82) is 0 Å². The van der Waals surface area contributed by atoms with Crippen LogP contribution in [0.3, 0.4) is 0 Å². The van der Waals surface area contributed by atoms with Crippen molar-refractivity contribution in [2.45, 2.75) is 22.9 Å². The van der Waals surface area contributed by atoms with Gasteiger partial charge in [0.25, 0.3) is 0 Å². The fourth-order valence-corrected chi connectivity index (χ4v) is 6.82. The molecular formula is C20H15N3O5S2. The summed E-state index contributed by atoms with van der Waals surface area (Å²) in [6.45, 7) is 0.927. The van der Waals surface area contributed by atoms with E-state index in [0.29, 0.717) is 29.7 Å². The lowest BCUT2D eigenvalue weighted by molar-refractivity contribution is 0.339. The van der Waals surface area contributed by atoms with E-state index in [1.54, 1.807) is 12.1 Å². The molecule has 0 amide bonds. The smallest absolute Gasteiger partial charge is 0.340 e. The lowest BCUT2D eigenvalue weighted by Gasteiger charge is -2.27. The molecule has 0 atom stereocenters. The number of sulfonamides is 1. The van der Waals surface area contributed by atoms with Crippen molar-refractivity contribution < 1.29 is 21.0 Å². The standard InChI is InChI=1S/C20H15N3O5S2/c24-29(25,22-8-9-23-16-6-2-1-5-15(16)21-19(23)12-22)14-10-13-4-3-7-18-20(13)17(11-14)28-30(18,26)27/h1-7,10-11H,8-9,12H2. The van der Waals surface area contributed by atoms with E-state index in [4.69, 9.17) is 4.18 Å². The van der Waals surface area contributed by atoms with Crippen LogP contribution in [0.4, 0.5) is 0 Å². The largest absolute Gasteiger partial charge is 0.378 e. The predicted octanol–water partition coefficient (Wildman–Crippen LogP) is 2.48. The molecule has 8 nitrogen and oxygen atoms in total. The van der Waals surface area contributed by atoms with Crippen LogP contribution in [-0.2, 0) is 33.2 Å². The Bertz CT molecular complexity index is 1590. The third-order valence-corrected chi connectivity index (χ3v) is 8.71. The molecule has 152 valence electrons. The zero-order valence-corrected chi connectivity index (χ0v) is 17.1. The van der Waals surface area contributed by atoms with Crippen LogP contribution in [0, 0.1) is 0 Å². The number of fused-ring (bicyclic) bond motifs is 3. The summed E-state index contributed by atoms with van der Waals surface area (Å²) in [5, 5.41) is 0.922. The van der Waals surface area contributed by atoms with Crippen LogP contribution in [0.1, 0.15) is 5.82 Å². The van der Waals surface area contributed by atoms with Gasteiger partial charge in [-0.2, -0.15) is 12.7 Å². The Labute approximate surface area is 172 Å². The maximum atomic E-state index is 13.4. The van der Waals surface area contributed by atoms with Crippen LogP contribution in [0.25, 0.3) is 21.8 Å². The van der Waals surface area contributed by atoms with Crippen molar-refractivity contribution in [3.8, 4) is 5.75 Å². The fraction of sp³-hybridized carbons (Fsp3) is 0.150. The molecule has 3 aromatic carbocycles. The first-order valence-corrected chi connectivity index (χ1v) is 12.1. The van der Waals surface area contributed by atoms with Gasteiger partial charge in [0.15, 0.2) is 5.75 Å². The Kier molecular flexibility index (Phi) is 3.46. The second kappa shape index (κ2) is 5.81. The quantitative estimate of drug-likeness (QED) is 0.443. The Morgan fingerprint density at radius 2 is 1.83 bits per heavy atom. The average Bonchev–Trinajstić information content (AvgIpc) is 3.23. The van der Waals surface area contributed by atoms with Crippen molar-refractivity contribution >= 4 is 41.9 Å². The summed E-state index contributed by atoms with van der Waals surface area (Å²) in [6, 6.07) is 15.2. The van der Waals surface area contributed by atoms with Gasteiger partial charge in [0, 0.05) is 24.5 Å². The van der Waals surface area contributed by atoms with E-state index in [1.165, 1.54) is 22.5 Å². The molecule has 0 aliphatic carbocycles. The third kappa shape index (κ3) is 2.38. The molecule has 0 spiro atoms. The molecule has 0 saturated carbocycles. The molecule has 6 rings (SSSR count). The SMILES string of the molecule is O=S1(=O)Oc2cc(S(=O)(=O)N3CCn4c(nc5ccccc54)C3)cc3cccc1c23. The normalized spacial score (nSPS) is 17.9. The summed E-state index contributed by atoms with van der Waals surface area (Å²) in [5.41, 5.74) is 1.81. The Hall–Kier alpha value is -2.95. The highest BCUT2D eigenvalue weighted by molar-refractivity contribution is 7.89. The number of hydrogen-bond donors (Lipinski definition) is 0. The van der Waals surface area contributed by atoms with E-state index >= 15 is 0 Å². The van der Waals surface area contributed by atoms with Gasteiger partial charge in [-0.15, -0.1) is 0 Å². The molecule has 0 unspecified atom stereocenters. The molecule has 4 aromatic rings. The van der Waals surface area contributed by atoms with Crippen LogP contribution in [0.2, 0.25) is 0 Å². The summed E-state index contributed by atoms with van der Waals surface area (Å²) in [4.78, 5) is 4.64. The first-order chi connectivity index (χ1) is 14.3. The average molecular weight is 441 g/mol. The minimum Gasteiger partial charge on any atom is -0.378 e. The van der Waals surface area contributed by atoms with E-state index in [0.717, 1.165) is 11.0 Å². The number of para-hydroxylation sites is 2. The van der Waals surface area contributed by atoms with Crippen LogP contribution < -0.4 is 4.18 Å². The monoisotopic (exact) mass is 441 g/mol. The number of benzene rings is 3. The Morgan fingerprint density at radius 1 is 1.00 bits per heavy atom. The molecule has 30 heavy (non-hydrogen) atoms. The van der Waals surface area contributed by atoms with Gasteiger partial charge in [-0.25, -0.2) is 13.4 Å². The highest BCUT2D eigenvalue weighted by Crippen LogP contribution is 2.41. The Morgan fingerprint density at radius 3 is 2.70 bits per heavy atom. The van der Waals surface area contributed by atoms with Gasteiger partial charge in [-0.05, 0) is 29.7 Å². The van der Waals surface area contributed by atoms with Gasteiger partial charge in [-0.3, -0.25) is 0 Å². The summed E-state index contributed by atoms with van der Waals surface area (Å²) in [7, 11) is -7.80. The number of imidazole rings is 1. The zero-order valence-electron chi connectivity index (χ0n) is 15.5. The molecular weight excluding hydrogens is 426 g/mol. The molecule has 0 saturated heterocycles. The molecule has 0 N–H and O–H groups in total. The number of nitrogens with zero attached hydrogens (tertiary/aromatic N) is 3. The van der Waals surface area contributed by atoms with Gasteiger partial charge in [0.05, 0.1) is 22.5 Å². The second-order valence-corrected chi connectivity index (χ2v) is 10.8. The van der Waals surface area contributed by atoms with Gasteiger partial charge >= 0.3 is 10.1 Å². The van der Waals surface area contributed by atoms with Crippen molar-refractivity contribution in [3.05, 3.63) is 60.4 Å². The summed E-state index contributed by atoms with van der Waals surface area (Å²) < 4.78 is 59.7. The minimum absolute atomic E-state index is 0.00353. The van der Waals surface area contributed by atoms with Crippen molar-refractivity contribution in [2.24, 2.45) is 0 Å². The van der Waals surface area contributed by atoms with Crippen molar-refractivity contribution in [2.75, 3.05) is 6.54 Å². The van der Waals surface area contributed by atoms with Crippen LogP contribution >= 0.6 is 0 Å². The van der Waals surface area contributed by atoms with Crippen LogP contribution in [-0.4, -0.2) is 37.2 Å². The zero-order chi connectivity index (χ0) is 20.7. The maximum absolute atomic E-state index is 13.4. The molecule has 10 heteroatoms. The molecule has 3 heterocycles. The number of aromatic nitrogens is 2. The molecule has 0 radical (unpaired) electrons. The predicted molar refractivity (Wildman–Crippen MR) is 109 cm³/mol.